The first-order valence-electron chi connectivity index (χ1n) is 9.12. The summed E-state index contributed by atoms with van der Waals surface area (Å²) in [6.45, 7) is 1.99. The third kappa shape index (κ3) is 3.77. The molecule has 3 aromatic rings. The predicted molar refractivity (Wildman–Crippen MR) is 108 cm³/mol. The van der Waals surface area contributed by atoms with Crippen molar-refractivity contribution in [2.75, 3.05) is 0 Å². The van der Waals surface area contributed by atoms with Gasteiger partial charge in [0.2, 0.25) is 5.78 Å². The van der Waals surface area contributed by atoms with Gasteiger partial charge < -0.3 is 9.47 Å². The second kappa shape index (κ2) is 7.79. The first-order chi connectivity index (χ1) is 14.4. The minimum atomic E-state index is -0.460. The summed E-state index contributed by atoms with van der Waals surface area (Å²) < 4.78 is 25.0. The largest absolute Gasteiger partial charge is 0.488 e. The molecule has 3 aromatic carbocycles. The smallest absolute Gasteiger partial charge is 0.269 e. The number of ketones is 1. The lowest BCUT2D eigenvalue weighted by Gasteiger charge is -2.11. The number of carbonyl (C=O) groups excluding carboxylic acids is 1. The molecule has 0 N–H and O–H groups in total. The predicted octanol–water partition coefficient (Wildman–Crippen LogP) is 5.24. The molecule has 0 radical (unpaired) electrons. The van der Waals surface area contributed by atoms with E-state index in [1.54, 1.807) is 43.3 Å². The number of benzene rings is 3. The van der Waals surface area contributed by atoms with Crippen molar-refractivity contribution >= 4 is 17.5 Å². The molecule has 0 atom stereocenters. The molecule has 6 nitrogen and oxygen atoms in total. The first kappa shape index (κ1) is 19.3. The van der Waals surface area contributed by atoms with Gasteiger partial charge in [0.05, 0.1) is 10.5 Å². The number of hydrogen-bond acceptors (Lipinski definition) is 5. The van der Waals surface area contributed by atoms with E-state index in [9.17, 15) is 19.3 Å². The normalized spacial score (nSPS) is 13.8. The number of rotatable bonds is 5. The molecule has 0 saturated heterocycles. The molecule has 0 fully saturated rings. The van der Waals surface area contributed by atoms with Gasteiger partial charge in [0.25, 0.3) is 5.69 Å². The molecule has 0 unspecified atom stereocenters. The average Bonchev–Trinajstić information content (AvgIpc) is 3.04. The number of Topliss-reactive ketones (excluding diaryl/α,β-unsaturated/α-hetero) is 1. The Labute approximate surface area is 171 Å². The van der Waals surface area contributed by atoms with Crippen LogP contribution in [0.25, 0.3) is 6.08 Å². The molecule has 0 bridgehead atoms. The van der Waals surface area contributed by atoms with Gasteiger partial charge in [0.15, 0.2) is 5.76 Å². The number of fused-ring (bicyclic) bond motifs is 1. The Bertz CT molecular complexity index is 1180. The lowest BCUT2D eigenvalue weighted by molar-refractivity contribution is -0.384. The topological polar surface area (TPSA) is 78.7 Å². The van der Waals surface area contributed by atoms with E-state index >= 15 is 0 Å². The van der Waals surface area contributed by atoms with Gasteiger partial charge >= 0.3 is 0 Å². The molecule has 1 aliphatic heterocycles. The number of ether oxygens (including phenoxy) is 2. The maximum atomic E-state index is 13.4. The maximum Gasteiger partial charge on any atom is 0.269 e. The van der Waals surface area contributed by atoms with Crippen LogP contribution >= 0.6 is 0 Å². The van der Waals surface area contributed by atoms with Crippen LogP contribution in [-0.4, -0.2) is 10.7 Å². The van der Waals surface area contributed by atoms with E-state index in [-0.39, 0.29) is 23.8 Å². The quantitative estimate of drug-likeness (QED) is 0.330. The molecule has 0 amide bonds. The van der Waals surface area contributed by atoms with Crippen LogP contribution in [0, 0.1) is 22.9 Å². The van der Waals surface area contributed by atoms with Crippen LogP contribution < -0.4 is 9.47 Å². The SMILES string of the molecule is Cc1c(OCc2ccc([N+](=O)[O-])cc2)ccc2c1O/C(=C\c1cccc(F)c1)C2=O. The number of non-ortho nitro benzene ring substituents is 1. The molecule has 4 rings (SSSR count). The molecule has 0 saturated carbocycles. The minimum absolute atomic E-state index is 0.0111. The summed E-state index contributed by atoms with van der Waals surface area (Å²) in [5, 5.41) is 10.7. The third-order valence-corrected chi connectivity index (χ3v) is 4.72. The summed E-state index contributed by atoms with van der Waals surface area (Å²) in [5.41, 5.74) is 2.38. The van der Waals surface area contributed by atoms with Gasteiger partial charge in [-0.15, -0.1) is 0 Å². The van der Waals surface area contributed by atoms with E-state index < -0.39 is 10.7 Å². The molecule has 1 aliphatic rings. The van der Waals surface area contributed by atoms with Gasteiger partial charge in [0.1, 0.15) is 23.9 Å². The molecule has 0 spiro atoms. The van der Waals surface area contributed by atoms with Crippen molar-refractivity contribution in [2.24, 2.45) is 0 Å². The zero-order chi connectivity index (χ0) is 21.3. The molecule has 7 heteroatoms. The summed E-state index contributed by atoms with van der Waals surface area (Å²) in [6, 6.07) is 15.3. The molecule has 0 aromatic heterocycles. The molecule has 1 heterocycles. The summed E-state index contributed by atoms with van der Waals surface area (Å²) >= 11 is 0. The highest BCUT2D eigenvalue weighted by atomic mass is 19.1. The highest BCUT2D eigenvalue weighted by Crippen LogP contribution is 2.39. The van der Waals surface area contributed by atoms with E-state index in [1.807, 2.05) is 0 Å². The fraction of sp³-hybridized carbons (Fsp3) is 0.0870. The van der Waals surface area contributed by atoms with Crippen LogP contribution in [0.15, 0.2) is 66.4 Å². The zero-order valence-electron chi connectivity index (χ0n) is 15.9. The van der Waals surface area contributed by atoms with Crippen LogP contribution in [0.2, 0.25) is 0 Å². The van der Waals surface area contributed by atoms with Crippen LogP contribution in [0.5, 0.6) is 11.5 Å². The molecular formula is C23H16FNO5. The van der Waals surface area contributed by atoms with Crippen LogP contribution in [0.1, 0.15) is 27.0 Å². The Kier molecular flexibility index (Phi) is 5.02. The lowest BCUT2D eigenvalue weighted by atomic mass is 10.1. The molecule has 150 valence electrons. The number of allylic oxidation sites excluding steroid dienone is 1. The van der Waals surface area contributed by atoms with E-state index in [0.29, 0.717) is 28.2 Å². The standard InChI is InChI=1S/C23H16FNO5/c1-14-20(29-13-15-5-7-18(8-6-15)25(27)28)10-9-19-22(26)21(30-23(14)19)12-16-3-2-4-17(24)11-16/h2-12H,13H2,1H3/b21-12-. The Hall–Kier alpha value is -4.00. The molecule has 30 heavy (non-hydrogen) atoms. The van der Waals surface area contributed by atoms with E-state index in [2.05, 4.69) is 0 Å². The van der Waals surface area contributed by atoms with Crippen molar-refractivity contribution in [3.63, 3.8) is 0 Å². The van der Waals surface area contributed by atoms with Crippen molar-refractivity contribution in [3.8, 4) is 11.5 Å². The lowest BCUT2D eigenvalue weighted by Crippen LogP contribution is -1.99. The average molecular weight is 405 g/mol. The molecular weight excluding hydrogens is 389 g/mol. The Morgan fingerprint density at radius 2 is 1.90 bits per heavy atom. The second-order valence-electron chi connectivity index (χ2n) is 6.77. The monoisotopic (exact) mass is 405 g/mol. The van der Waals surface area contributed by atoms with Crippen LogP contribution in [0.4, 0.5) is 10.1 Å². The van der Waals surface area contributed by atoms with Gasteiger partial charge in [0, 0.05) is 17.7 Å². The number of nitrogens with zero attached hydrogens (tertiary/aromatic N) is 1. The first-order valence-corrected chi connectivity index (χ1v) is 9.12. The third-order valence-electron chi connectivity index (χ3n) is 4.72. The Balaban J connectivity index is 1.53. The highest BCUT2D eigenvalue weighted by Gasteiger charge is 2.30. The molecule has 0 aliphatic carbocycles. The zero-order valence-corrected chi connectivity index (χ0v) is 15.9. The number of nitro benzene ring substituents is 1. The maximum absolute atomic E-state index is 13.4. The Morgan fingerprint density at radius 1 is 1.13 bits per heavy atom. The van der Waals surface area contributed by atoms with Crippen molar-refractivity contribution in [1.29, 1.82) is 0 Å². The summed E-state index contributed by atoms with van der Waals surface area (Å²) in [7, 11) is 0. The minimum Gasteiger partial charge on any atom is -0.488 e. The Morgan fingerprint density at radius 3 is 2.60 bits per heavy atom. The number of halogens is 1. The van der Waals surface area contributed by atoms with Gasteiger partial charge in [-0.2, -0.15) is 0 Å². The fourth-order valence-corrected chi connectivity index (χ4v) is 3.15. The number of carbonyl (C=O) groups is 1. The van der Waals surface area contributed by atoms with Crippen molar-refractivity contribution in [1.82, 2.24) is 0 Å². The van der Waals surface area contributed by atoms with Crippen molar-refractivity contribution < 1.29 is 23.6 Å². The number of nitro groups is 1. The summed E-state index contributed by atoms with van der Waals surface area (Å²) in [5.74, 6) is 0.381. The fourth-order valence-electron chi connectivity index (χ4n) is 3.15. The second-order valence-corrected chi connectivity index (χ2v) is 6.77. The van der Waals surface area contributed by atoms with E-state index in [4.69, 9.17) is 9.47 Å². The summed E-state index contributed by atoms with van der Waals surface area (Å²) in [6.07, 6.45) is 1.50. The van der Waals surface area contributed by atoms with E-state index in [0.717, 1.165) is 5.56 Å². The van der Waals surface area contributed by atoms with Crippen LogP contribution in [0.3, 0.4) is 0 Å². The highest BCUT2D eigenvalue weighted by molar-refractivity contribution is 6.14. The van der Waals surface area contributed by atoms with Gasteiger partial charge in [-0.3, -0.25) is 14.9 Å². The summed E-state index contributed by atoms with van der Waals surface area (Å²) in [4.78, 5) is 22.9. The van der Waals surface area contributed by atoms with Crippen molar-refractivity contribution in [2.45, 2.75) is 13.5 Å². The van der Waals surface area contributed by atoms with Gasteiger partial charge in [-0.1, -0.05) is 12.1 Å². The van der Waals surface area contributed by atoms with Crippen LogP contribution in [-0.2, 0) is 6.61 Å². The van der Waals surface area contributed by atoms with Gasteiger partial charge in [-0.05, 0) is 60.5 Å². The van der Waals surface area contributed by atoms with Crippen molar-refractivity contribution in [3.05, 3.63) is 105 Å². The van der Waals surface area contributed by atoms with Gasteiger partial charge in [-0.25, -0.2) is 4.39 Å². The van der Waals surface area contributed by atoms with E-state index in [1.165, 1.54) is 30.3 Å². The number of hydrogen-bond donors (Lipinski definition) is 0.